The predicted molar refractivity (Wildman–Crippen MR) is 96.9 cm³/mol. The Kier molecular flexibility index (Phi) is 6.63. The summed E-state index contributed by atoms with van der Waals surface area (Å²) in [7, 11) is 0. The second-order valence-electron chi connectivity index (χ2n) is 6.11. The van der Waals surface area contributed by atoms with Gasteiger partial charge in [0.1, 0.15) is 11.5 Å². The summed E-state index contributed by atoms with van der Waals surface area (Å²) in [6.45, 7) is 5.68. The van der Waals surface area contributed by atoms with Gasteiger partial charge in [-0.15, -0.1) is 0 Å². The van der Waals surface area contributed by atoms with Crippen molar-refractivity contribution in [1.29, 1.82) is 0 Å². The summed E-state index contributed by atoms with van der Waals surface area (Å²) in [6, 6.07) is 16.2. The quantitative estimate of drug-likeness (QED) is 0.767. The smallest absolute Gasteiger partial charge is 0.127 e. The first kappa shape index (κ1) is 17.5. The molecule has 0 spiro atoms. The summed E-state index contributed by atoms with van der Waals surface area (Å²) in [6.07, 6.45) is 2.14. The van der Waals surface area contributed by atoms with Crippen molar-refractivity contribution < 1.29 is 4.74 Å². The van der Waals surface area contributed by atoms with Crippen LogP contribution in [0, 0.1) is 12.8 Å². The summed E-state index contributed by atoms with van der Waals surface area (Å²) in [5.74, 6) is 2.62. The van der Waals surface area contributed by atoms with Crippen molar-refractivity contribution in [2.24, 2.45) is 17.4 Å². The Morgan fingerprint density at radius 1 is 0.957 bits per heavy atom. The average molecular weight is 312 g/mol. The van der Waals surface area contributed by atoms with E-state index in [9.17, 15) is 0 Å². The molecule has 3 heteroatoms. The molecule has 0 amide bonds. The largest absolute Gasteiger partial charge is 0.457 e. The van der Waals surface area contributed by atoms with E-state index in [0.29, 0.717) is 24.9 Å². The van der Waals surface area contributed by atoms with Crippen molar-refractivity contribution in [1.82, 2.24) is 0 Å². The third-order valence-electron chi connectivity index (χ3n) is 4.44. The minimum absolute atomic E-state index is 0.389. The van der Waals surface area contributed by atoms with E-state index in [4.69, 9.17) is 16.2 Å². The second kappa shape index (κ2) is 8.70. The van der Waals surface area contributed by atoms with Crippen molar-refractivity contribution in [3.63, 3.8) is 0 Å². The first-order valence-electron chi connectivity index (χ1n) is 8.41. The molecule has 1 atom stereocenters. The van der Waals surface area contributed by atoms with Crippen molar-refractivity contribution in [2.45, 2.75) is 32.6 Å². The van der Waals surface area contributed by atoms with Gasteiger partial charge >= 0.3 is 0 Å². The maximum Gasteiger partial charge on any atom is 0.127 e. The molecule has 2 aromatic rings. The van der Waals surface area contributed by atoms with Crippen LogP contribution in [0.4, 0.5) is 0 Å². The van der Waals surface area contributed by atoms with Crippen molar-refractivity contribution >= 4 is 0 Å². The molecule has 0 aliphatic carbocycles. The molecule has 0 heterocycles. The highest BCUT2D eigenvalue weighted by atomic mass is 16.5. The first-order valence-corrected chi connectivity index (χ1v) is 8.41. The molecule has 1 unspecified atom stereocenters. The fourth-order valence-corrected chi connectivity index (χ4v) is 3.00. The zero-order chi connectivity index (χ0) is 16.7. The maximum atomic E-state index is 5.91. The fraction of sp³-hybridized carbons (Fsp3) is 0.400. The monoisotopic (exact) mass is 312 g/mol. The third-order valence-corrected chi connectivity index (χ3v) is 4.44. The molecule has 4 N–H and O–H groups in total. The molecule has 0 bridgehead atoms. The lowest BCUT2D eigenvalue weighted by Gasteiger charge is -2.23. The van der Waals surface area contributed by atoms with Gasteiger partial charge in [0, 0.05) is 0 Å². The zero-order valence-corrected chi connectivity index (χ0v) is 14.2. The van der Waals surface area contributed by atoms with E-state index in [2.05, 4.69) is 32.0 Å². The highest BCUT2D eigenvalue weighted by molar-refractivity contribution is 5.39. The van der Waals surface area contributed by atoms with E-state index in [0.717, 1.165) is 24.3 Å². The lowest BCUT2D eigenvalue weighted by Crippen LogP contribution is -2.25. The topological polar surface area (TPSA) is 61.3 Å². The van der Waals surface area contributed by atoms with Gasteiger partial charge in [-0.25, -0.2) is 0 Å². The van der Waals surface area contributed by atoms with Gasteiger partial charge in [0.05, 0.1) is 0 Å². The molecule has 0 aromatic heterocycles. The number of ether oxygens (including phenoxy) is 1. The Morgan fingerprint density at radius 3 is 2.22 bits per heavy atom. The normalized spacial score (nSPS) is 12.4. The van der Waals surface area contributed by atoms with E-state index in [1.165, 1.54) is 11.1 Å². The van der Waals surface area contributed by atoms with Gasteiger partial charge in [0.2, 0.25) is 0 Å². The van der Waals surface area contributed by atoms with Crippen LogP contribution in [0.25, 0.3) is 0 Å². The molecule has 124 valence electrons. The molecule has 0 saturated carbocycles. The van der Waals surface area contributed by atoms with Crippen LogP contribution in [-0.4, -0.2) is 13.1 Å². The molecule has 0 saturated heterocycles. The molecule has 0 aliphatic rings. The van der Waals surface area contributed by atoms with Crippen LogP contribution in [0.15, 0.2) is 48.5 Å². The summed E-state index contributed by atoms with van der Waals surface area (Å²) >= 11 is 0. The Bertz CT molecular complexity index is 594. The number of hydrogen-bond donors (Lipinski definition) is 2. The number of rotatable bonds is 8. The highest BCUT2D eigenvalue weighted by Crippen LogP contribution is 2.32. The lowest BCUT2D eigenvalue weighted by atomic mass is 9.85. The fourth-order valence-electron chi connectivity index (χ4n) is 3.00. The van der Waals surface area contributed by atoms with E-state index >= 15 is 0 Å². The van der Waals surface area contributed by atoms with Crippen LogP contribution in [0.2, 0.25) is 0 Å². The number of aryl methyl sites for hydroxylation is 1. The molecule has 2 rings (SSSR count). The molecule has 23 heavy (non-hydrogen) atoms. The van der Waals surface area contributed by atoms with Crippen molar-refractivity contribution in [3.8, 4) is 11.5 Å². The summed E-state index contributed by atoms with van der Waals surface area (Å²) < 4.78 is 5.91. The first-order chi connectivity index (χ1) is 11.2. The average Bonchev–Trinajstić information content (AvgIpc) is 2.58. The van der Waals surface area contributed by atoms with Gasteiger partial charge in [-0.05, 0) is 80.1 Å². The lowest BCUT2D eigenvalue weighted by molar-refractivity contribution is 0.440. The van der Waals surface area contributed by atoms with E-state index in [-0.39, 0.29) is 0 Å². The van der Waals surface area contributed by atoms with Crippen LogP contribution >= 0.6 is 0 Å². The number of benzene rings is 2. The summed E-state index contributed by atoms with van der Waals surface area (Å²) in [5.41, 5.74) is 14.3. The molecule has 3 nitrogen and oxygen atoms in total. The van der Waals surface area contributed by atoms with Gasteiger partial charge in [-0.3, -0.25) is 0 Å². The Morgan fingerprint density at radius 2 is 1.65 bits per heavy atom. The standard InChI is InChI=1S/C20H28N2O/c1-3-17(12-16(13-21)14-22)20-10-9-19(11-15(20)2)23-18-7-5-4-6-8-18/h4-11,16-17H,3,12-14,21-22H2,1-2H3. The van der Waals surface area contributed by atoms with Gasteiger partial charge < -0.3 is 16.2 Å². The molecular weight excluding hydrogens is 284 g/mol. The van der Waals surface area contributed by atoms with Crippen LogP contribution < -0.4 is 16.2 Å². The Balaban J connectivity index is 2.14. The summed E-state index contributed by atoms with van der Waals surface area (Å²) in [5, 5.41) is 0. The van der Waals surface area contributed by atoms with Crippen molar-refractivity contribution in [3.05, 3.63) is 59.7 Å². The molecule has 0 fully saturated rings. The Hall–Kier alpha value is -1.84. The third kappa shape index (κ3) is 4.81. The number of hydrogen-bond acceptors (Lipinski definition) is 3. The van der Waals surface area contributed by atoms with E-state index in [1.807, 2.05) is 30.3 Å². The number of nitrogens with two attached hydrogens (primary N) is 2. The second-order valence-corrected chi connectivity index (χ2v) is 6.11. The van der Waals surface area contributed by atoms with Crippen LogP contribution in [0.3, 0.4) is 0 Å². The minimum Gasteiger partial charge on any atom is -0.457 e. The van der Waals surface area contributed by atoms with Crippen LogP contribution in [0.5, 0.6) is 11.5 Å². The van der Waals surface area contributed by atoms with Crippen LogP contribution in [0.1, 0.15) is 36.8 Å². The van der Waals surface area contributed by atoms with Gasteiger partial charge in [0.15, 0.2) is 0 Å². The van der Waals surface area contributed by atoms with E-state index < -0.39 is 0 Å². The summed E-state index contributed by atoms with van der Waals surface area (Å²) in [4.78, 5) is 0. The van der Waals surface area contributed by atoms with Crippen molar-refractivity contribution in [2.75, 3.05) is 13.1 Å². The highest BCUT2D eigenvalue weighted by Gasteiger charge is 2.17. The van der Waals surface area contributed by atoms with E-state index in [1.54, 1.807) is 0 Å². The predicted octanol–water partition coefficient (Wildman–Crippen LogP) is 4.20. The minimum atomic E-state index is 0.389. The van der Waals surface area contributed by atoms with Crippen LogP contribution in [-0.2, 0) is 0 Å². The maximum absolute atomic E-state index is 5.91. The van der Waals surface area contributed by atoms with Gasteiger partial charge in [-0.2, -0.15) is 0 Å². The molecule has 0 aliphatic heterocycles. The Labute approximate surface area is 139 Å². The van der Waals surface area contributed by atoms with Gasteiger partial charge in [-0.1, -0.05) is 31.2 Å². The zero-order valence-electron chi connectivity index (χ0n) is 14.2. The SMILES string of the molecule is CCC(CC(CN)CN)c1ccc(Oc2ccccc2)cc1C. The van der Waals surface area contributed by atoms with Gasteiger partial charge in [0.25, 0.3) is 0 Å². The number of para-hydroxylation sites is 1. The molecule has 0 radical (unpaired) electrons. The molecule has 2 aromatic carbocycles. The molecular formula is C20H28N2O.